The van der Waals surface area contributed by atoms with Crippen molar-refractivity contribution >= 4 is 29.6 Å². The molecule has 0 radical (unpaired) electrons. The number of carbonyl (C=O) groups excluding carboxylic acids is 3. The number of aryl methyl sites for hydroxylation is 1. The molecular weight excluding hydrogens is 336 g/mol. The lowest BCUT2D eigenvalue weighted by molar-refractivity contribution is -0.122. The van der Waals surface area contributed by atoms with E-state index in [9.17, 15) is 19.5 Å². The number of nitrogens with one attached hydrogen (secondary N) is 1. The number of phenols is 1. The van der Waals surface area contributed by atoms with E-state index in [0.29, 0.717) is 11.4 Å². The predicted molar refractivity (Wildman–Crippen MR) is 94.8 cm³/mol. The van der Waals surface area contributed by atoms with Crippen LogP contribution in [0, 0.1) is 6.92 Å². The Labute approximate surface area is 149 Å². The first-order valence-corrected chi connectivity index (χ1v) is 7.76. The summed E-state index contributed by atoms with van der Waals surface area (Å²) in [5.41, 5.74) is 1.21. The first kappa shape index (κ1) is 17.2. The van der Waals surface area contributed by atoms with Gasteiger partial charge in [-0.2, -0.15) is 0 Å². The third-order valence-electron chi connectivity index (χ3n) is 3.90. The molecule has 1 saturated heterocycles. The number of carbonyl (C=O) groups is 3. The number of urea groups is 1. The van der Waals surface area contributed by atoms with E-state index >= 15 is 0 Å². The second kappa shape index (κ2) is 6.72. The Bertz CT molecular complexity index is 949. The van der Waals surface area contributed by atoms with Crippen molar-refractivity contribution < 1.29 is 24.2 Å². The van der Waals surface area contributed by atoms with E-state index in [-0.39, 0.29) is 16.9 Å². The average molecular weight is 352 g/mol. The Kier molecular flexibility index (Phi) is 4.45. The zero-order chi connectivity index (χ0) is 18.8. The van der Waals surface area contributed by atoms with E-state index < -0.39 is 17.8 Å². The lowest BCUT2D eigenvalue weighted by Crippen LogP contribution is -2.54. The number of ether oxygens (including phenoxy) is 1. The Morgan fingerprint density at radius 2 is 1.88 bits per heavy atom. The van der Waals surface area contributed by atoms with Gasteiger partial charge in [-0.25, -0.2) is 9.69 Å². The summed E-state index contributed by atoms with van der Waals surface area (Å²) >= 11 is 0. The Hall–Kier alpha value is -3.61. The zero-order valence-electron chi connectivity index (χ0n) is 14.1. The van der Waals surface area contributed by atoms with Crippen LogP contribution in [0.2, 0.25) is 0 Å². The van der Waals surface area contributed by atoms with Gasteiger partial charge in [0.05, 0.1) is 12.8 Å². The van der Waals surface area contributed by atoms with Crippen LogP contribution in [0.3, 0.4) is 0 Å². The summed E-state index contributed by atoms with van der Waals surface area (Å²) in [6.45, 7) is 1.83. The van der Waals surface area contributed by atoms with Gasteiger partial charge in [0.25, 0.3) is 11.8 Å². The molecule has 1 aliphatic heterocycles. The largest absolute Gasteiger partial charge is 0.507 e. The lowest BCUT2D eigenvalue weighted by atomic mass is 10.1. The number of hydrogen-bond acceptors (Lipinski definition) is 5. The van der Waals surface area contributed by atoms with Crippen molar-refractivity contribution in [3.63, 3.8) is 0 Å². The molecule has 3 rings (SSSR count). The van der Waals surface area contributed by atoms with Crippen LogP contribution in [0.15, 0.2) is 48.0 Å². The molecule has 132 valence electrons. The standard InChI is InChI=1S/C19H16N2O5/c1-11-4-3-5-13(8-11)21-18(24)15(17(23)20-19(21)25)9-12-6-7-14(26-2)10-16(12)22/h3-10,22H,1-2H3,(H,20,23,25)/b15-9+. The molecule has 7 heteroatoms. The quantitative estimate of drug-likeness (QED) is 0.653. The maximum absolute atomic E-state index is 12.8. The number of anilines is 1. The molecule has 0 aliphatic carbocycles. The highest BCUT2D eigenvalue weighted by Crippen LogP contribution is 2.27. The third kappa shape index (κ3) is 3.14. The fraction of sp³-hybridized carbons (Fsp3) is 0.105. The number of phenolic OH excluding ortho intramolecular Hbond substituents is 1. The monoisotopic (exact) mass is 352 g/mol. The van der Waals surface area contributed by atoms with E-state index in [1.165, 1.54) is 25.3 Å². The number of amides is 4. The normalized spacial score (nSPS) is 16.0. The summed E-state index contributed by atoms with van der Waals surface area (Å²) < 4.78 is 5.00. The third-order valence-corrected chi connectivity index (χ3v) is 3.90. The van der Waals surface area contributed by atoms with Gasteiger partial charge in [-0.1, -0.05) is 12.1 Å². The predicted octanol–water partition coefficient (Wildman–Crippen LogP) is 2.38. The summed E-state index contributed by atoms with van der Waals surface area (Å²) in [5, 5.41) is 12.2. The number of barbiturate groups is 1. The van der Waals surface area contributed by atoms with Gasteiger partial charge < -0.3 is 9.84 Å². The van der Waals surface area contributed by atoms with Crippen LogP contribution in [-0.2, 0) is 9.59 Å². The van der Waals surface area contributed by atoms with Gasteiger partial charge in [-0.15, -0.1) is 0 Å². The van der Waals surface area contributed by atoms with Crippen LogP contribution < -0.4 is 15.0 Å². The number of imide groups is 2. The van der Waals surface area contributed by atoms with Crippen molar-refractivity contribution in [3.05, 3.63) is 59.2 Å². The zero-order valence-corrected chi connectivity index (χ0v) is 14.1. The Morgan fingerprint density at radius 3 is 2.54 bits per heavy atom. The molecule has 0 bridgehead atoms. The van der Waals surface area contributed by atoms with Crippen molar-refractivity contribution in [2.24, 2.45) is 0 Å². The Balaban J connectivity index is 2.03. The van der Waals surface area contributed by atoms with Crippen LogP contribution in [0.25, 0.3) is 6.08 Å². The molecule has 26 heavy (non-hydrogen) atoms. The number of benzene rings is 2. The van der Waals surface area contributed by atoms with Crippen molar-refractivity contribution in [1.82, 2.24) is 5.32 Å². The van der Waals surface area contributed by atoms with Crippen LogP contribution in [-0.4, -0.2) is 30.1 Å². The fourth-order valence-corrected chi connectivity index (χ4v) is 2.59. The molecule has 1 aliphatic rings. The van der Waals surface area contributed by atoms with Gasteiger partial charge in [0.2, 0.25) is 0 Å². The SMILES string of the molecule is COc1ccc(/C=C2\C(=O)NC(=O)N(c3cccc(C)c3)C2=O)c(O)c1. The first-order chi connectivity index (χ1) is 12.4. The minimum Gasteiger partial charge on any atom is -0.507 e. The molecule has 1 heterocycles. The van der Waals surface area contributed by atoms with Crippen molar-refractivity contribution in [2.75, 3.05) is 12.0 Å². The van der Waals surface area contributed by atoms with E-state index in [0.717, 1.165) is 10.5 Å². The highest BCUT2D eigenvalue weighted by molar-refractivity contribution is 6.39. The van der Waals surface area contributed by atoms with Gasteiger partial charge in [0.1, 0.15) is 17.1 Å². The van der Waals surface area contributed by atoms with Gasteiger partial charge in [-0.3, -0.25) is 14.9 Å². The van der Waals surface area contributed by atoms with E-state index in [2.05, 4.69) is 5.32 Å². The van der Waals surface area contributed by atoms with E-state index in [4.69, 9.17) is 4.74 Å². The molecule has 0 atom stereocenters. The smallest absolute Gasteiger partial charge is 0.335 e. The Morgan fingerprint density at radius 1 is 1.12 bits per heavy atom. The van der Waals surface area contributed by atoms with Crippen molar-refractivity contribution in [1.29, 1.82) is 0 Å². The first-order valence-electron chi connectivity index (χ1n) is 7.76. The number of nitrogens with zero attached hydrogens (tertiary/aromatic N) is 1. The number of hydrogen-bond donors (Lipinski definition) is 2. The molecule has 2 aromatic carbocycles. The number of rotatable bonds is 3. The minimum absolute atomic E-state index is 0.156. The summed E-state index contributed by atoms with van der Waals surface area (Å²) in [6, 6.07) is 10.4. The highest BCUT2D eigenvalue weighted by atomic mass is 16.5. The molecule has 0 spiro atoms. The molecule has 1 fully saturated rings. The number of methoxy groups -OCH3 is 1. The van der Waals surface area contributed by atoms with Gasteiger partial charge in [0.15, 0.2) is 0 Å². The maximum Gasteiger partial charge on any atom is 0.335 e. The van der Waals surface area contributed by atoms with Crippen LogP contribution in [0.4, 0.5) is 10.5 Å². The molecule has 2 aromatic rings. The summed E-state index contributed by atoms with van der Waals surface area (Å²) in [7, 11) is 1.45. The second-order valence-electron chi connectivity index (χ2n) is 5.72. The van der Waals surface area contributed by atoms with Gasteiger partial charge >= 0.3 is 6.03 Å². The number of aromatic hydroxyl groups is 1. The maximum atomic E-state index is 12.8. The topological polar surface area (TPSA) is 95.9 Å². The van der Waals surface area contributed by atoms with Crippen LogP contribution in [0.1, 0.15) is 11.1 Å². The van der Waals surface area contributed by atoms with Gasteiger partial charge in [-0.05, 0) is 42.8 Å². The molecular formula is C19H16N2O5. The van der Waals surface area contributed by atoms with Crippen LogP contribution in [0.5, 0.6) is 11.5 Å². The molecule has 7 nitrogen and oxygen atoms in total. The molecule has 0 saturated carbocycles. The van der Waals surface area contributed by atoms with E-state index in [1.54, 1.807) is 24.3 Å². The molecule has 0 unspecified atom stereocenters. The molecule has 0 aromatic heterocycles. The average Bonchev–Trinajstić information content (AvgIpc) is 2.59. The highest BCUT2D eigenvalue weighted by Gasteiger charge is 2.36. The lowest BCUT2D eigenvalue weighted by Gasteiger charge is -2.26. The summed E-state index contributed by atoms with van der Waals surface area (Å²) in [4.78, 5) is 38.0. The molecule has 4 amide bonds. The van der Waals surface area contributed by atoms with Crippen molar-refractivity contribution in [3.8, 4) is 11.5 Å². The van der Waals surface area contributed by atoms with Crippen LogP contribution >= 0.6 is 0 Å². The fourth-order valence-electron chi connectivity index (χ4n) is 2.59. The van der Waals surface area contributed by atoms with Gasteiger partial charge in [0, 0.05) is 11.6 Å². The second-order valence-corrected chi connectivity index (χ2v) is 5.72. The van der Waals surface area contributed by atoms with E-state index in [1.807, 2.05) is 13.0 Å². The summed E-state index contributed by atoms with van der Waals surface area (Å²) in [6.07, 6.45) is 1.24. The van der Waals surface area contributed by atoms with Crippen molar-refractivity contribution in [2.45, 2.75) is 6.92 Å². The summed E-state index contributed by atoms with van der Waals surface area (Å²) in [5.74, 6) is -1.31. The minimum atomic E-state index is -0.820. The molecule has 2 N–H and O–H groups in total.